The van der Waals surface area contributed by atoms with E-state index >= 15 is 9.59 Å². The van der Waals surface area contributed by atoms with Gasteiger partial charge in [-0.2, -0.15) is 0 Å². The number of amides is 4. The summed E-state index contributed by atoms with van der Waals surface area (Å²) < 4.78 is 0. The van der Waals surface area contributed by atoms with Crippen LogP contribution in [0, 0.1) is 0 Å². The number of carbonyl (C=O) groups is 4. The Kier molecular flexibility index (Phi) is 13.3. The molecule has 2 N–H and O–H groups in total. The van der Waals surface area contributed by atoms with Crippen molar-refractivity contribution in [3.8, 4) is 22.3 Å². The number of aromatic nitrogens is 4. The van der Waals surface area contributed by atoms with E-state index < -0.39 is 23.6 Å². The maximum atomic E-state index is 15.7. The van der Waals surface area contributed by atoms with E-state index in [1.165, 1.54) is 32.1 Å². The van der Waals surface area contributed by atoms with Crippen molar-refractivity contribution in [1.82, 2.24) is 24.8 Å². The molecule has 8 bridgehead atoms. The summed E-state index contributed by atoms with van der Waals surface area (Å²) in [7, 11) is 0. The molecule has 10 heteroatoms. The molecular weight excluding hydrogens is 989 g/mol. The highest BCUT2D eigenvalue weighted by molar-refractivity contribution is 6.40. The van der Waals surface area contributed by atoms with E-state index in [4.69, 9.17) is 9.97 Å². The fourth-order valence-corrected chi connectivity index (χ4v) is 11.6. The smallest absolute Gasteiger partial charge is 0.266 e. The van der Waals surface area contributed by atoms with Gasteiger partial charge in [-0.05, 0) is 140 Å². The van der Waals surface area contributed by atoms with E-state index in [9.17, 15) is 9.59 Å². The number of aromatic amines is 2. The van der Waals surface area contributed by atoms with Crippen LogP contribution in [-0.4, -0.2) is 55.0 Å². The predicted molar refractivity (Wildman–Crippen MR) is 328 cm³/mol. The van der Waals surface area contributed by atoms with E-state index in [0.29, 0.717) is 51.8 Å². The van der Waals surface area contributed by atoms with Crippen LogP contribution in [0.4, 0.5) is 5.69 Å². The Morgan fingerprint density at radius 1 is 0.425 bits per heavy atom. The topological polar surface area (TPSA) is 132 Å². The first-order chi connectivity index (χ1) is 37.8. The van der Waals surface area contributed by atoms with Gasteiger partial charge in [-0.3, -0.25) is 24.1 Å². The fraction of sp³-hybridized carbons (Fsp3) is 0.343. The van der Waals surface area contributed by atoms with Gasteiger partial charge in [0.15, 0.2) is 0 Å². The maximum Gasteiger partial charge on any atom is 0.266 e. The van der Waals surface area contributed by atoms with Crippen LogP contribution in [0.5, 0.6) is 0 Å². The molecule has 0 atom stereocenters. The lowest BCUT2D eigenvalue weighted by Gasteiger charge is -2.32. The molecule has 7 aromatic rings. The first-order valence-electron chi connectivity index (χ1n) is 28.6. The Hall–Kier alpha value is -7.98. The molecule has 0 saturated heterocycles. The molecule has 4 amide bonds. The van der Waals surface area contributed by atoms with Crippen LogP contribution in [0.3, 0.4) is 0 Å². The van der Waals surface area contributed by atoms with Gasteiger partial charge in [-0.15, -0.1) is 0 Å². The van der Waals surface area contributed by atoms with Gasteiger partial charge in [0.25, 0.3) is 23.6 Å². The molecule has 0 aliphatic carbocycles. The third kappa shape index (κ3) is 9.64. The zero-order chi connectivity index (χ0) is 57.0. The average Bonchev–Trinajstić information content (AvgIpc) is 4.36. The first-order valence-corrected chi connectivity index (χ1v) is 28.6. The summed E-state index contributed by atoms with van der Waals surface area (Å²) in [5.74, 6) is -2.01. The number of hydrogen-bond acceptors (Lipinski definition) is 6. The highest BCUT2D eigenvalue weighted by Gasteiger charge is 2.41. The summed E-state index contributed by atoms with van der Waals surface area (Å²) in [6, 6.07) is 30.3. The summed E-state index contributed by atoms with van der Waals surface area (Å²) in [5, 5.41) is 0.658. The highest BCUT2D eigenvalue weighted by Crippen LogP contribution is 2.44. The summed E-state index contributed by atoms with van der Waals surface area (Å²) in [5.41, 5.74) is 14.4. The molecular formula is C70H74N6O4. The van der Waals surface area contributed by atoms with Crippen molar-refractivity contribution in [3.05, 3.63) is 158 Å². The Morgan fingerprint density at radius 3 is 1.36 bits per heavy atom. The predicted octanol–water partition coefficient (Wildman–Crippen LogP) is 17.1. The van der Waals surface area contributed by atoms with Crippen molar-refractivity contribution < 1.29 is 19.2 Å². The van der Waals surface area contributed by atoms with Crippen molar-refractivity contribution in [3.63, 3.8) is 0 Å². The van der Waals surface area contributed by atoms with Crippen LogP contribution >= 0.6 is 0 Å². The lowest BCUT2D eigenvalue weighted by Crippen LogP contribution is -2.43. The molecule has 408 valence electrons. The minimum Gasteiger partial charge on any atom is -0.355 e. The quantitative estimate of drug-likeness (QED) is 0.104. The summed E-state index contributed by atoms with van der Waals surface area (Å²) in [6.45, 7) is 29.2. The lowest BCUT2D eigenvalue weighted by atomic mass is 9.78. The number of anilines is 1. The van der Waals surface area contributed by atoms with Gasteiger partial charge in [0, 0.05) is 67.2 Å². The van der Waals surface area contributed by atoms with Crippen molar-refractivity contribution in [2.45, 2.75) is 150 Å². The lowest BCUT2D eigenvalue weighted by molar-refractivity contribution is 0.0606. The van der Waals surface area contributed by atoms with Crippen LogP contribution in [0.15, 0.2) is 91.0 Å². The van der Waals surface area contributed by atoms with Gasteiger partial charge in [0.05, 0.1) is 28.3 Å². The minimum absolute atomic E-state index is 0.179. The molecule has 7 heterocycles. The average molecular weight is 1060 g/mol. The second-order valence-corrected chi connectivity index (χ2v) is 26.5. The van der Waals surface area contributed by atoms with Gasteiger partial charge >= 0.3 is 0 Å². The highest BCUT2D eigenvalue weighted by atomic mass is 16.2. The van der Waals surface area contributed by atoms with E-state index in [-0.39, 0.29) is 38.5 Å². The minimum atomic E-state index is -0.591. The normalized spacial score (nSPS) is 14.6. The molecule has 10 nitrogen and oxygen atoms in total. The van der Waals surface area contributed by atoms with Gasteiger partial charge in [-0.1, -0.05) is 159 Å². The largest absolute Gasteiger partial charge is 0.355 e. The van der Waals surface area contributed by atoms with Crippen molar-refractivity contribution in [1.29, 1.82) is 0 Å². The number of H-pyrrole nitrogens is 2. The molecule has 4 aliphatic heterocycles. The zero-order valence-corrected chi connectivity index (χ0v) is 48.8. The third-order valence-electron chi connectivity index (χ3n) is 16.4. The Balaban J connectivity index is 1.18. The number of benzene rings is 4. The van der Waals surface area contributed by atoms with Gasteiger partial charge < -0.3 is 9.97 Å². The summed E-state index contributed by atoms with van der Waals surface area (Å²) >= 11 is 0. The van der Waals surface area contributed by atoms with Crippen LogP contribution in [0.2, 0.25) is 0 Å². The Bertz CT molecular complexity index is 3810. The van der Waals surface area contributed by atoms with Crippen LogP contribution < -0.4 is 4.90 Å². The molecule has 0 spiro atoms. The Morgan fingerprint density at radius 2 is 0.850 bits per heavy atom. The van der Waals surface area contributed by atoms with E-state index in [1.807, 2.05) is 30.4 Å². The molecule has 0 fully saturated rings. The number of hydrogen-bond donors (Lipinski definition) is 2. The second kappa shape index (κ2) is 19.7. The number of fused-ring (bicyclic) bond motifs is 8. The monoisotopic (exact) mass is 1060 g/mol. The number of rotatable bonds is 10. The van der Waals surface area contributed by atoms with Crippen LogP contribution in [0.1, 0.15) is 215 Å². The second-order valence-electron chi connectivity index (χ2n) is 26.5. The van der Waals surface area contributed by atoms with Crippen LogP contribution in [-0.2, 0) is 21.7 Å². The Labute approximate surface area is 470 Å². The van der Waals surface area contributed by atoms with Gasteiger partial charge in [0.2, 0.25) is 0 Å². The number of nitrogens with one attached hydrogen (secondary N) is 2. The maximum absolute atomic E-state index is 15.7. The standard InChI is InChI=1S/C70H74N6O4/c1-14-15-16-17-18-19-32-75-63(77)48-22-24-50-61-51(25-23-49(60(48)61)64(75)78)66(80)76(65(50)79)62-56-30-28-54(73-56)58(40-33-42(67(2,3)4)37-43(34-40)68(5,6)7)52-26-20-46(71-52)39-47-21-27-53(72-47)59(55-29-31-57(62)74-55)41-35-44(69(8,9)10)38-45(36-41)70(11,12)13/h20-31,33-39,71,74H,14-19,32H2,1-13H3. The number of unbranched alkanes of at least 4 members (excludes halogenated alkanes) is 5. The van der Waals surface area contributed by atoms with Crippen LogP contribution in [0.25, 0.3) is 79.4 Å². The van der Waals surface area contributed by atoms with Crippen molar-refractivity contribution in [2.75, 3.05) is 11.4 Å². The molecule has 0 radical (unpaired) electrons. The number of carbonyl (C=O) groups excluding carboxylic acids is 4. The van der Waals surface area contributed by atoms with Crippen molar-refractivity contribution >= 4 is 86.5 Å². The summed E-state index contributed by atoms with van der Waals surface area (Å²) in [4.78, 5) is 80.9. The molecule has 4 aliphatic rings. The first kappa shape index (κ1) is 54.0. The van der Waals surface area contributed by atoms with E-state index in [0.717, 1.165) is 82.3 Å². The molecule has 11 rings (SSSR count). The molecule has 0 unspecified atom stereocenters. The number of nitrogens with zero attached hydrogens (tertiary/aromatic N) is 4. The molecule has 3 aromatic heterocycles. The SMILES string of the molecule is CCCCCCCCN1C(=O)c2ccc3c4c(ccc(c24)C1=O)C(=O)N(c1c2nc(c(-c4cc(C(C)(C)C)cc(C(C)(C)C)c4)c4ccc(cc5nc(c(-c6cc(C(C)(C)C)cc(C(C)(C)C)c6)c6ccc1[nH]6)C=C5)[nH]4)C=C2)C3=O. The van der Waals surface area contributed by atoms with Crippen molar-refractivity contribution in [2.24, 2.45) is 0 Å². The zero-order valence-electron chi connectivity index (χ0n) is 48.8. The van der Waals surface area contributed by atoms with Gasteiger partial charge in [0.1, 0.15) is 5.69 Å². The summed E-state index contributed by atoms with van der Waals surface area (Å²) in [6.07, 6.45) is 14.0. The van der Waals surface area contributed by atoms with E-state index in [2.05, 4.69) is 161 Å². The number of imide groups is 2. The molecule has 0 saturated carbocycles. The third-order valence-corrected chi connectivity index (χ3v) is 16.4. The van der Waals surface area contributed by atoms with Gasteiger partial charge in [-0.25, -0.2) is 14.9 Å². The van der Waals surface area contributed by atoms with E-state index in [1.54, 1.807) is 24.3 Å². The fourth-order valence-electron chi connectivity index (χ4n) is 11.6. The molecule has 4 aromatic carbocycles. The molecule has 80 heavy (non-hydrogen) atoms.